The van der Waals surface area contributed by atoms with Gasteiger partial charge in [0.15, 0.2) is 11.6 Å². The van der Waals surface area contributed by atoms with Gasteiger partial charge in [-0.3, -0.25) is 9.59 Å². The fourth-order valence-corrected chi connectivity index (χ4v) is 2.05. The van der Waals surface area contributed by atoms with Gasteiger partial charge in [0.1, 0.15) is 0 Å². The van der Waals surface area contributed by atoms with Crippen molar-refractivity contribution < 1.29 is 9.59 Å². The highest BCUT2D eigenvalue weighted by Gasteiger charge is 2.19. The van der Waals surface area contributed by atoms with Crippen molar-refractivity contribution in [2.75, 3.05) is 5.32 Å². The predicted molar refractivity (Wildman–Crippen MR) is 81.3 cm³/mol. The quantitative estimate of drug-likeness (QED) is 0.346. The molecular formula is C15H19NO2S. The van der Waals surface area contributed by atoms with Gasteiger partial charge in [-0.1, -0.05) is 32.0 Å². The minimum atomic E-state index is -0.174. The van der Waals surface area contributed by atoms with E-state index in [2.05, 4.69) is 17.9 Å². The monoisotopic (exact) mass is 277 g/mol. The Labute approximate surface area is 119 Å². The fourth-order valence-electron chi connectivity index (χ4n) is 1.67. The second-order valence-corrected chi connectivity index (χ2v) is 4.61. The van der Waals surface area contributed by atoms with Crippen molar-refractivity contribution in [2.45, 2.75) is 33.1 Å². The molecule has 0 amide bonds. The Morgan fingerprint density at radius 2 is 1.74 bits per heavy atom. The molecular weight excluding hydrogens is 258 g/mol. The van der Waals surface area contributed by atoms with Gasteiger partial charge >= 0.3 is 0 Å². The van der Waals surface area contributed by atoms with Crippen LogP contribution in [0.1, 0.15) is 33.1 Å². The molecule has 0 aliphatic carbocycles. The first-order chi connectivity index (χ1) is 9.10. The first-order valence-corrected chi connectivity index (χ1v) is 6.86. The molecule has 0 unspecified atom stereocenters. The van der Waals surface area contributed by atoms with E-state index in [9.17, 15) is 9.59 Å². The number of para-hydroxylation sites is 1. The molecule has 0 aliphatic rings. The second-order valence-electron chi connectivity index (χ2n) is 4.16. The smallest absolute Gasteiger partial charge is 0.169 e. The van der Waals surface area contributed by atoms with Gasteiger partial charge in [0.2, 0.25) is 0 Å². The van der Waals surface area contributed by atoms with Crippen LogP contribution in [0.4, 0.5) is 5.69 Å². The molecule has 1 N–H and O–H groups in total. The third-order valence-electron chi connectivity index (χ3n) is 2.63. The van der Waals surface area contributed by atoms with Gasteiger partial charge in [0, 0.05) is 18.5 Å². The first-order valence-electron chi connectivity index (χ1n) is 6.41. The normalized spacial score (nSPS) is 11.7. The third-order valence-corrected chi connectivity index (χ3v) is 2.96. The Kier molecular flexibility index (Phi) is 6.36. The lowest BCUT2D eigenvalue weighted by molar-refractivity contribution is -0.121. The number of nitrogens with one attached hydrogen (secondary N) is 1. The summed E-state index contributed by atoms with van der Waals surface area (Å²) in [6.45, 7) is 3.65. The topological polar surface area (TPSA) is 46.2 Å². The van der Waals surface area contributed by atoms with Crippen molar-refractivity contribution in [3.05, 3.63) is 40.9 Å². The van der Waals surface area contributed by atoms with Gasteiger partial charge in [0.05, 0.1) is 10.6 Å². The molecule has 0 heterocycles. The Bertz CT molecular complexity index is 480. The molecule has 4 heteroatoms. The summed E-state index contributed by atoms with van der Waals surface area (Å²) in [7, 11) is 0. The van der Waals surface area contributed by atoms with Gasteiger partial charge in [-0.15, -0.1) is 12.6 Å². The summed E-state index contributed by atoms with van der Waals surface area (Å²) in [5, 5.41) is 3.33. The Morgan fingerprint density at radius 3 is 2.26 bits per heavy atom. The lowest BCUT2D eigenvalue weighted by atomic mass is 10.0. The number of allylic oxidation sites excluding steroid dienone is 1. The zero-order valence-corrected chi connectivity index (χ0v) is 12.2. The maximum absolute atomic E-state index is 12.0. The van der Waals surface area contributed by atoms with Crippen LogP contribution in [0, 0.1) is 0 Å². The van der Waals surface area contributed by atoms with Crippen LogP contribution in [0.15, 0.2) is 40.9 Å². The number of carbonyl (C=O) groups is 2. The SMILES string of the molecule is CCCC(=O)/C(C(=O)CC)=C(\S)Nc1ccccc1. The molecule has 0 aliphatic heterocycles. The molecule has 0 fully saturated rings. The average molecular weight is 277 g/mol. The average Bonchev–Trinajstić information content (AvgIpc) is 2.40. The Balaban J connectivity index is 3.02. The minimum absolute atomic E-state index is 0.150. The van der Waals surface area contributed by atoms with Crippen LogP contribution in [0.3, 0.4) is 0 Å². The standard InChI is InChI=1S/C15H19NO2S/c1-3-8-13(18)14(12(17)4-2)15(19)16-11-9-6-5-7-10-11/h5-7,9-10,16,19H,3-4,8H2,1-2H3/b15-14-. The molecule has 19 heavy (non-hydrogen) atoms. The molecule has 0 radical (unpaired) electrons. The van der Waals surface area contributed by atoms with Crippen LogP contribution in [-0.4, -0.2) is 11.6 Å². The van der Waals surface area contributed by atoms with Crippen molar-refractivity contribution >= 4 is 29.9 Å². The highest BCUT2D eigenvalue weighted by molar-refractivity contribution is 7.84. The van der Waals surface area contributed by atoms with E-state index in [1.165, 1.54) is 0 Å². The third kappa shape index (κ3) is 4.56. The lowest BCUT2D eigenvalue weighted by Gasteiger charge is -2.11. The molecule has 3 nitrogen and oxygen atoms in total. The molecule has 1 aromatic carbocycles. The molecule has 0 aromatic heterocycles. The van der Waals surface area contributed by atoms with Crippen LogP contribution < -0.4 is 5.32 Å². The van der Waals surface area contributed by atoms with Crippen LogP contribution in [0.2, 0.25) is 0 Å². The van der Waals surface area contributed by atoms with E-state index in [0.717, 1.165) is 5.69 Å². The molecule has 1 rings (SSSR count). The summed E-state index contributed by atoms with van der Waals surface area (Å²) in [4.78, 5) is 23.9. The number of benzene rings is 1. The van der Waals surface area contributed by atoms with Crippen LogP contribution in [-0.2, 0) is 9.59 Å². The Morgan fingerprint density at radius 1 is 1.11 bits per heavy atom. The van der Waals surface area contributed by atoms with Gasteiger partial charge < -0.3 is 5.32 Å². The molecule has 0 saturated carbocycles. The number of carbonyl (C=O) groups excluding carboxylic acids is 2. The van der Waals surface area contributed by atoms with E-state index >= 15 is 0 Å². The van der Waals surface area contributed by atoms with Gasteiger partial charge in [-0.2, -0.15) is 0 Å². The molecule has 102 valence electrons. The molecule has 0 spiro atoms. The maximum atomic E-state index is 12.0. The van der Waals surface area contributed by atoms with Crippen LogP contribution in [0.5, 0.6) is 0 Å². The van der Waals surface area contributed by atoms with Gasteiger partial charge in [-0.25, -0.2) is 0 Å². The maximum Gasteiger partial charge on any atom is 0.169 e. The lowest BCUT2D eigenvalue weighted by Crippen LogP contribution is -2.16. The molecule has 0 bridgehead atoms. The highest BCUT2D eigenvalue weighted by Crippen LogP contribution is 2.18. The van der Waals surface area contributed by atoms with Crippen molar-refractivity contribution in [3.8, 4) is 0 Å². The summed E-state index contributed by atoms with van der Waals surface area (Å²) >= 11 is 4.29. The summed E-state index contributed by atoms with van der Waals surface area (Å²) < 4.78 is 0. The fraction of sp³-hybridized carbons (Fsp3) is 0.333. The summed E-state index contributed by atoms with van der Waals surface area (Å²) in [5.41, 5.74) is 0.981. The number of hydrogen-bond donors (Lipinski definition) is 2. The number of Topliss-reactive ketones (excluding diaryl/α,β-unsaturated/α-hetero) is 2. The molecule has 0 atom stereocenters. The van der Waals surface area contributed by atoms with E-state index in [1.807, 2.05) is 37.3 Å². The van der Waals surface area contributed by atoms with Crippen molar-refractivity contribution in [1.82, 2.24) is 0 Å². The van der Waals surface area contributed by atoms with Gasteiger partial charge in [0.25, 0.3) is 0 Å². The second kappa shape index (κ2) is 7.79. The number of anilines is 1. The van der Waals surface area contributed by atoms with E-state index < -0.39 is 0 Å². The van der Waals surface area contributed by atoms with E-state index in [1.54, 1.807) is 6.92 Å². The summed E-state index contributed by atoms with van der Waals surface area (Å²) in [6, 6.07) is 9.35. The van der Waals surface area contributed by atoms with Crippen molar-refractivity contribution in [3.63, 3.8) is 0 Å². The minimum Gasteiger partial charge on any atom is -0.350 e. The number of hydrogen-bond acceptors (Lipinski definition) is 4. The largest absolute Gasteiger partial charge is 0.350 e. The van der Waals surface area contributed by atoms with Crippen LogP contribution >= 0.6 is 12.6 Å². The summed E-state index contributed by atoms with van der Waals surface area (Å²) in [5.74, 6) is -0.324. The van der Waals surface area contributed by atoms with E-state index in [4.69, 9.17) is 0 Å². The Hall–Kier alpha value is -1.55. The van der Waals surface area contributed by atoms with E-state index in [0.29, 0.717) is 24.3 Å². The van der Waals surface area contributed by atoms with Crippen molar-refractivity contribution in [2.24, 2.45) is 0 Å². The van der Waals surface area contributed by atoms with Crippen molar-refractivity contribution in [1.29, 1.82) is 0 Å². The predicted octanol–water partition coefficient (Wildman–Crippen LogP) is 3.59. The zero-order chi connectivity index (χ0) is 14.3. The number of thiol groups is 1. The van der Waals surface area contributed by atoms with E-state index in [-0.39, 0.29) is 17.1 Å². The van der Waals surface area contributed by atoms with Gasteiger partial charge in [-0.05, 0) is 18.6 Å². The summed E-state index contributed by atoms with van der Waals surface area (Å²) in [6.07, 6.45) is 1.37. The molecule has 1 aromatic rings. The van der Waals surface area contributed by atoms with Crippen LogP contribution in [0.25, 0.3) is 0 Å². The zero-order valence-electron chi connectivity index (χ0n) is 11.3. The molecule has 0 saturated heterocycles. The first kappa shape index (κ1) is 15.5. The number of ketones is 2. The number of rotatable bonds is 7. The highest BCUT2D eigenvalue weighted by atomic mass is 32.1.